The van der Waals surface area contributed by atoms with Gasteiger partial charge in [0.25, 0.3) is 5.91 Å². The van der Waals surface area contributed by atoms with E-state index in [4.69, 9.17) is 5.26 Å². The molecule has 2 N–H and O–H groups in total. The third-order valence-electron chi connectivity index (χ3n) is 3.88. The Bertz CT molecular complexity index is 793. The predicted octanol–water partition coefficient (Wildman–Crippen LogP) is 2.90. The van der Waals surface area contributed by atoms with Crippen molar-refractivity contribution in [2.45, 2.75) is 26.7 Å². The van der Waals surface area contributed by atoms with Crippen molar-refractivity contribution in [1.82, 2.24) is 15.6 Å². The summed E-state index contributed by atoms with van der Waals surface area (Å²) in [6.07, 6.45) is 1.04. The van der Waals surface area contributed by atoms with Crippen molar-refractivity contribution in [3.63, 3.8) is 0 Å². The molecule has 136 valence electrons. The Morgan fingerprint density at radius 2 is 2.00 bits per heavy atom. The Morgan fingerprint density at radius 3 is 2.62 bits per heavy atom. The normalized spacial score (nSPS) is 11.4. The van der Waals surface area contributed by atoms with E-state index in [1.165, 1.54) is 0 Å². The fourth-order valence-corrected chi connectivity index (χ4v) is 3.07. The smallest absolute Gasteiger partial charge is 0.251 e. The van der Waals surface area contributed by atoms with E-state index >= 15 is 0 Å². The van der Waals surface area contributed by atoms with Gasteiger partial charge in [-0.1, -0.05) is 19.1 Å². The molecule has 0 radical (unpaired) electrons. The van der Waals surface area contributed by atoms with Crippen molar-refractivity contribution in [2.75, 3.05) is 13.1 Å². The highest BCUT2D eigenvalue weighted by molar-refractivity contribution is 7.09. The van der Waals surface area contributed by atoms with E-state index in [0.717, 1.165) is 16.3 Å². The maximum absolute atomic E-state index is 12.2. The molecule has 7 heteroatoms. The molecule has 1 atom stereocenters. The molecule has 6 nitrogen and oxygen atoms in total. The summed E-state index contributed by atoms with van der Waals surface area (Å²) in [6.45, 7) is 4.43. The Hall–Kier alpha value is -2.72. The molecule has 2 rings (SSSR count). The van der Waals surface area contributed by atoms with E-state index in [1.807, 2.05) is 37.4 Å². The van der Waals surface area contributed by atoms with Crippen LogP contribution in [0.4, 0.5) is 0 Å². The first kappa shape index (κ1) is 19.6. The molecule has 0 aliphatic heterocycles. The third kappa shape index (κ3) is 5.97. The fourth-order valence-electron chi connectivity index (χ4n) is 2.45. The van der Waals surface area contributed by atoms with E-state index in [9.17, 15) is 9.59 Å². The minimum absolute atomic E-state index is 0.0265. The summed E-state index contributed by atoms with van der Waals surface area (Å²) in [7, 11) is 0. The Balaban J connectivity index is 1.77. The largest absolute Gasteiger partial charge is 0.352 e. The maximum atomic E-state index is 12.2. The van der Waals surface area contributed by atoms with Crippen LogP contribution < -0.4 is 10.6 Å². The van der Waals surface area contributed by atoms with Gasteiger partial charge in [0.2, 0.25) is 5.91 Å². The molecule has 0 fully saturated rings. The van der Waals surface area contributed by atoms with Crippen LogP contribution in [0.15, 0.2) is 29.6 Å². The molecular formula is C19H22N4O2S. The van der Waals surface area contributed by atoms with Crippen molar-refractivity contribution >= 4 is 23.2 Å². The van der Waals surface area contributed by atoms with Gasteiger partial charge in [-0.15, -0.1) is 11.3 Å². The van der Waals surface area contributed by atoms with Crippen LogP contribution >= 0.6 is 11.3 Å². The van der Waals surface area contributed by atoms with Gasteiger partial charge in [0.1, 0.15) is 6.54 Å². The minimum atomic E-state index is -0.141. The van der Waals surface area contributed by atoms with Crippen molar-refractivity contribution in [3.05, 3.63) is 40.2 Å². The van der Waals surface area contributed by atoms with Gasteiger partial charge in [0, 0.05) is 29.5 Å². The van der Waals surface area contributed by atoms with Gasteiger partial charge in [-0.05, 0) is 31.4 Å². The van der Waals surface area contributed by atoms with Crippen LogP contribution in [0.1, 0.15) is 35.1 Å². The monoisotopic (exact) mass is 370 g/mol. The van der Waals surface area contributed by atoms with Crippen molar-refractivity contribution in [2.24, 2.45) is 5.92 Å². The van der Waals surface area contributed by atoms with Gasteiger partial charge in [-0.3, -0.25) is 9.59 Å². The molecule has 2 amide bonds. The van der Waals surface area contributed by atoms with Crippen LogP contribution in [0, 0.1) is 24.2 Å². The topological polar surface area (TPSA) is 94.9 Å². The summed E-state index contributed by atoms with van der Waals surface area (Å²) < 4.78 is 0. The summed E-state index contributed by atoms with van der Waals surface area (Å²) in [6, 6.07) is 9.24. The Kier molecular flexibility index (Phi) is 7.30. The van der Waals surface area contributed by atoms with Gasteiger partial charge in [0.05, 0.1) is 16.8 Å². The zero-order chi connectivity index (χ0) is 18.9. The van der Waals surface area contributed by atoms with Crippen LogP contribution in [0.5, 0.6) is 0 Å². The molecule has 26 heavy (non-hydrogen) atoms. The third-order valence-corrected chi connectivity index (χ3v) is 4.66. The highest BCUT2D eigenvalue weighted by Crippen LogP contribution is 2.21. The zero-order valence-electron chi connectivity index (χ0n) is 14.9. The number of aryl methyl sites for hydroxylation is 1. The first-order chi connectivity index (χ1) is 12.5. The summed E-state index contributed by atoms with van der Waals surface area (Å²) in [4.78, 5) is 28.2. The lowest BCUT2D eigenvalue weighted by atomic mass is 10.0. The SMILES string of the molecule is Cc1nc(-c2ccc(C(=O)NCC[C@H](C)CC(=O)NCC#N)cc2)cs1. The van der Waals surface area contributed by atoms with E-state index in [1.54, 1.807) is 23.5 Å². The maximum Gasteiger partial charge on any atom is 0.251 e. The number of benzene rings is 1. The lowest BCUT2D eigenvalue weighted by molar-refractivity contribution is -0.121. The van der Waals surface area contributed by atoms with Crippen LogP contribution in [0.2, 0.25) is 0 Å². The Morgan fingerprint density at radius 1 is 1.27 bits per heavy atom. The lowest BCUT2D eigenvalue weighted by Gasteiger charge is -2.11. The first-order valence-corrected chi connectivity index (χ1v) is 9.32. The molecule has 0 bridgehead atoms. The number of hydrogen-bond donors (Lipinski definition) is 2. The molecular weight excluding hydrogens is 348 g/mol. The molecule has 0 unspecified atom stereocenters. The molecule has 1 aromatic carbocycles. The number of nitrogens with zero attached hydrogens (tertiary/aromatic N) is 2. The first-order valence-electron chi connectivity index (χ1n) is 8.44. The summed E-state index contributed by atoms with van der Waals surface area (Å²) in [5.41, 5.74) is 2.51. The molecule has 0 saturated heterocycles. The molecule has 0 spiro atoms. The van der Waals surface area contributed by atoms with E-state index < -0.39 is 0 Å². The lowest BCUT2D eigenvalue weighted by Crippen LogP contribution is -2.28. The number of thiazole rings is 1. The van der Waals surface area contributed by atoms with Crippen LogP contribution in [-0.2, 0) is 4.79 Å². The van der Waals surface area contributed by atoms with Gasteiger partial charge < -0.3 is 10.6 Å². The quantitative estimate of drug-likeness (QED) is 0.699. The van der Waals surface area contributed by atoms with Gasteiger partial charge in [-0.25, -0.2) is 4.98 Å². The molecule has 2 aromatic rings. The van der Waals surface area contributed by atoms with E-state index in [2.05, 4.69) is 15.6 Å². The summed E-state index contributed by atoms with van der Waals surface area (Å²) in [5, 5.41) is 16.8. The molecule has 0 aliphatic carbocycles. The van der Waals surface area contributed by atoms with Crippen molar-refractivity contribution in [3.8, 4) is 17.3 Å². The summed E-state index contributed by atoms with van der Waals surface area (Å²) >= 11 is 1.60. The average Bonchev–Trinajstić information content (AvgIpc) is 3.06. The second kappa shape index (κ2) is 9.68. The highest BCUT2D eigenvalue weighted by atomic mass is 32.1. The average molecular weight is 370 g/mol. The van der Waals surface area contributed by atoms with Gasteiger partial charge >= 0.3 is 0 Å². The van der Waals surface area contributed by atoms with Crippen LogP contribution in [0.3, 0.4) is 0 Å². The number of aromatic nitrogens is 1. The molecule has 1 heterocycles. The standard InChI is InChI=1S/C19H22N4O2S/c1-13(11-18(24)21-10-8-20)7-9-22-19(25)16-5-3-15(4-6-16)17-12-26-14(2)23-17/h3-6,12-13H,7,9-11H2,1-2H3,(H,21,24)(H,22,25)/t13-/m0/s1. The predicted molar refractivity (Wildman–Crippen MR) is 102 cm³/mol. The second-order valence-corrected chi connectivity index (χ2v) is 7.18. The molecule has 0 saturated carbocycles. The number of rotatable bonds is 8. The van der Waals surface area contributed by atoms with Crippen molar-refractivity contribution < 1.29 is 9.59 Å². The number of carbonyl (C=O) groups excluding carboxylic acids is 2. The molecule has 0 aliphatic rings. The van der Waals surface area contributed by atoms with Crippen LogP contribution in [-0.4, -0.2) is 29.9 Å². The number of carbonyl (C=O) groups is 2. The number of amides is 2. The van der Waals surface area contributed by atoms with E-state index in [0.29, 0.717) is 24.9 Å². The van der Waals surface area contributed by atoms with E-state index in [-0.39, 0.29) is 24.3 Å². The van der Waals surface area contributed by atoms with Crippen molar-refractivity contribution in [1.29, 1.82) is 5.26 Å². The van der Waals surface area contributed by atoms with Gasteiger partial charge in [0.15, 0.2) is 0 Å². The van der Waals surface area contributed by atoms with Crippen LogP contribution in [0.25, 0.3) is 11.3 Å². The highest BCUT2D eigenvalue weighted by Gasteiger charge is 2.11. The minimum Gasteiger partial charge on any atom is -0.352 e. The van der Waals surface area contributed by atoms with Gasteiger partial charge in [-0.2, -0.15) is 5.26 Å². The zero-order valence-corrected chi connectivity index (χ0v) is 15.7. The summed E-state index contributed by atoms with van der Waals surface area (Å²) in [5.74, 6) is -0.144. The Labute approximate surface area is 157 Å². The number of nitrogens with one attached hydrogen (secondary N) is 2. The fraction of sp³-hybridized carbons (Fsp3) is 0.368. The molecule has 1 aromatic heterocycles. The number of hydrogen-bond acceptors (Lipinski definition) is 5. The second-order valence-electron chi connectivity index (χ2n) is 6.12. The number of nitriles is 1.